The molecule has 0 bridgehead atoms. The zero-order chi connectivity index (χ0) is 28.8. The topological polar surface area (TPSA) is 38.7 Å². The highest BCUT2D eigenvalue weighted by Gasteiger charge is 2.22. The minimum Gasteiger partial charge on any atom is -0.208 e. The van der Waals surface area contributed by atoms with Crippen LogP contribution in [-0.4, -0.2) is 15.0 Å². The molecule has 8 rings (SSSR count). The van der Waals surface area contributed by atoms with Gasteiger partial charge in [-0.25, -0.2) is 15.0 Å². The highest BCUT2D eigenvalue weighted by Crippen LogP contribution is 2.36. The summed E-state index contributed by atoms with van der Waals surface area (Å²) in [5.41, 5.74) is 7.97. The van der Waals surface area contributed by atoms with E-state index >= 15 is 0 Å². The number of hydrogen-bond donors (Lipinski definition) is 0. The molecule has 1 unspecified atom stereocenters. The van der Waals surface area contributed by atoms with Gasteiger partial charge >= 0.3 is 0 Å². The Labute approximate surface area is 251 Å². The van der Waals surface area contributed by atoms with E-state index in [9.17, 15) is 0 Å². The van der Waals surface area contributed by atoms with Crippen molar-refractivity contribution in [1.29, 1.82) is 0 Å². The van der Waals surface area contributed by atoms with Crippen molar-refractivity contribution in [1.82, 2.24) is 15.0 Å². The second-order valence-electron chi connectivity index (χ2n) is 11.4. The molecule has 0 fully saturated rings. The third-order valence-electron chi connectivity index (χ3n) is 8.45. The number of allylic oxidation sites excluding steroid dienone is 1. The molecule has 0 amide bonds. The largest absolute Gasteiger partial charge is 0.208 e. The van der Waals surface area contributed by atoms with Crippen LogP contribution in [0, 0.1) is 5.92 Å². The zero-order valence-corrected chi connectivity index (χ0v) is 23.9. The van der Waals surface area contributed by atoms with Crippen molar-refractivity contribution >= 4 is 27.1 Å². The molecule has 43 heavy (non-hydrogen) atoms. The molecule has 1 atom stereocenters. The molecule has 0 saturated heterocycles. The van der Waals surface area contributed by atoms with E-state index in [4.69, 9.17) is 15.0 Å². The van der Waals surface area contributed by atoms with Gasteiger partial charge in [-0.15, -0.1) is 0 Å². The highest BCUT2D eigenvalue weighted by molar-refractivity contribution is 5.97. The van der Waals surface area contributed by atoms with Gasteiger partial charge in [0.05, 0.1) is 0 Å². The van der Waals surface area contributed by atoms with E-state index in [2.05, 4.69) is 146 Å². The first-order valence-electron chi connectivity index (χ1n) is 14.8. The van der Waals surface area contributed by atoms with E-state index in [1.807, 2.05) is 0 Å². The van der Waals surface area contributed by atoms with Gasteiger partial charge in [0.25, 0.3) is 0 Å². The molecule has 1 aliphatic carbocycles. The van der Waals surface area contributed by atoms with Gasteiger partial charge in [-0.05, 0) is 56.1 Å². The Kier molecular flexibility index (Phi) is 6.15. The molecule has 7 aromatic rings. The van der Waals surface area contributed by atoms with Crippen LogP contribution in [-0.2, 0) is 6.42 Å². The summed E-state index contributed by atoms with van der Waals surface area (Å²) in [4.78, 5) is 15.4. The number of nitrogens with zero attached hydrogens (tertiary/aromatic N) is 3. The van der Waals surface area contributed by atoms with E-state index in [0.29, 0.717) is 23.4 Å². The molecule has 204 valence electrons. The lowest BCUT2D eigenvalue weighted by Gasteiger charge is -2.21. The van der Waals surface area contributed by atoms with Crippen molar-refractivity contribution < 1.29 is 0 Å². The Morgan fingerprint density at radius 3 is 1.77 bits per heavy atom. The maximum absolute atomic E-state index is 5.15. The van der Waals surface area contributed by atoms with Crippen molar-refractivity contribution in [3.05, 3.63) is 156 Å². The second kappa shape index (κ2) is 10.5. The molecule has 0 N–H and O–H groups in total. The smallest absolute Gasteiger partial charge is 0.164 e. The van der Waals surface area contributed by atoms with E-state index in [1.54, 1.807) is 0 Å². The van der Waals surface area contributed by atoms with Crippen LogP contribution in [0.4, 0.5) is 0 Å². The number of hydrogen-bond acceptors (Lipinski definition) is 3. The van der Waals surface area contributed by atoms with Gasteiger partial charge in [-0.3, -0.25) is 0 Å². The van der Waals surface area contributed by atoms with Crippen LogP contribution < -0.4 is 0 Å². The zero-order valence-electron chi connectivity index (χ0n) is 23.9. The first kappa shape index (κ1) is 25.3. The predicted octanol–water partition coefficient (Wildman–Crippen LogP) is 9.80. The third-order valence-corrected chi connectivity index (χ3v) is 8.45. The average Bonchev–Trinajstić information content (AvgIpc) is 3.07. The summed E-state index contributed by atoms with van der Waals surface area (Å²) < 4.78 is 0. The van der Waals surface area contributed by atoms with E-state index < -0.39 is 0 Å². The minimum atomic E-state index is 0.395. The quantitative estimate of drug-likeness (QED) is 0.219. The maximum atomic E-state index is 5.15. The van der Waals surface area contributed by atoms with E-state index in [0.717, 1.165) is 28.5 Å². The number of benzene rings is 6. The van der Waals surface area contributed by atoms with E-state index in [-0.39, 0.29) is 0 Å². The van der Waals surface area contributed by atoms with Crippen LogP contribution in [0.1, 0.15) is 23.9 Å². The predicted molar refractivity (Wildman–Crippen MR) is 178 cm³/mol. The lowest BCUT2D eigenvalue weighted by molar-refractivity contribution is 0.712. The first-order chi connectivity index (χ1) is 21.2. The van der Waals surface area contributed by atoms with Crippen LogP contribution in [0.5, 0.6) is 0 Å². The number of rotatable bonds is 4. The van der Waals surface area contributed by atoms with Crippen LogP contribution in [0.25, 0.3) is 61.0 Å². The fourth-order valence-electron chi connectivity index (χ4n) is 6.38. The van der Waals surface area contributed by atoms with Gasteiger partial charge in [0.15, 0.2) is 17.5 Å². The molecule has 0 saturated carbocycles. The molecule has 1 heterocycles. The molecule has 6 aromatic carbocycles. The van der Waals surface area contributed by atoms with Gasteiger partial charge in [-0.1, -0.05) is 146 Å². The second-order valence-corrected chi connectivity index (χ2v) is 11.4. The Morgan fingerprint density at radius 1 is 0.465 bits per heavy atom. The molecular weight excluding hydrogens is 522 g/mol. The fraction of sp³-hybridized carbons (Fsp3) is 0.0750. The number of fused-ring (bicyclic) bond motifs is 3. The van der Waals surface area contributed by atoms with Crippen molar-refractivity contribution in [3.63, 3.8) is 0 Å². The van der Waals surface area contributed by atoms with Gasteiger partial charge in [0.2, 0.25) is 0 Å². The Balaban J connectivity index is 1.30. The minimum absolute atomic E-state index is 0.395. The normalized spacial score (nSPS) is 14.4. The van der Waals surface area contributed by atoms with Crippen LogP contribution in [0.15, 0.2) is 140 Å². The van der Waals surface area contributed by atoms with Gasteiger partial charge in [-0.2, -0.15) is 0 Å². The van der Waals surface area contributed by atoms with Crippen molar-refractivity contribution in [2.75, 3.05) is 0 Å². The monoisotopic (exact) mass is 551 g/mol. The summed E-state index contributed by atoms with van der Waals surface area (Å²) >= 11 is 0. The summed E-state index contributed by atoms with van der Waals surface area (Å²) in [7, 11) is 0. The van der Waals surface area contributed by atoms with Crippen LogP contribution in [0.3, 0.4) is 0 Å². The Morgan fingerprint density at radius 2 is 1.00 bits per heavy atom. The summed E-state index contributed by atoms with van der Waals surface area (Å²) in [6.07, 6.45) is 3.33. The van der Waals surface area contributed by atoms with Crippen molar-refractivity contribution in [3.8, 4) is 33.9 Å². The average molecular weight is 552 g/mol. The molecule has 0 radical (unpaired) electrons. The Hall–Kier alpha value is -5.41. The summed E-state index contributed by atoms with van der Waals surface area (Å²) in [6, 6.07) is 47.0. The van der Waals surface area contributed by atoms with Gasteiger partial charge in [0, 0.05) is 16.7 Å². The molecule has 3 nitrogen and oxygen atoms in total. The molecule has 3 heteroatoms. The molecule has 1 aromatic heterocycles. The first-order valence-corrected chi connectivity index (χ1v) is 14.8. The third kappa shape index (κ3) is 4.60. The Bertz CT molecular complexity index is 2170. The molecule has 1 aliphatic rings. The SMILES string of the molecule is CC1C=C(c2nc(-c3ccc(-c4cccc5ccccc45)cc3)nc(-c3cccc4ccccc34)n2)c2ccccc2C1. The molecular formula is C40H29N3. The van der Waals surface area contributed by atoms with Crippen LogP contribution >= 0.6 is 0 Å². The summed E-state index contributed by atoms with van der Waals surface area (Å²) in [5, 5.41) is 4.78. The van der Waals surface area contributed by atoms with Gasteiger partial charge < -0.3 is 0 Å². The van der Waals surface area contributed by atoms with Crippen LogP contribution in [0.2, 0.25) is 0 Å². The van der Waals surface area contributed by atoms with Crippen molar-refractivity contribution in [2.24, 2.45) is 5.92 Å². The van der Waals surface area contributed by atoms with Crippen molar-refractivity contribution in [2.45, 2.75) is 13.3 Å². The maximum Gasteiger partial charge on any atom is 0.164 e. The number of aromatic nitrogens is 3. The highest BCUT2D eigenvalue weighted by atomic mass is 15.0. The van der Waals surface area contributed by atoms with E-state index in [1.165, 1.54) is 38.4 Å². The molecule has 0 aliphatic heterocycles. The standard InChI is InChI=1S/C40H29N3/c1-26-24-31-12-4-7-17-35(31)37(25-26)40-42-38(41-39(43-40)36-19-9-14-28-11-3-6-16-34(28)36)30-22-20-29(21-23-30)33-18-8-13-27-10-2-5-15-32(27)33/h2-23,25-26H,24H2,1H3. The lowest BCUT2D eigenvalue weighted by Crippen LogP contribution is -2.11. The summed E-state index contributed by atoms with van der Waals surface area (Å²) in [5.74, 6) is 2.47. The molecule has 0 spiro atoms. The lowest BCUT2D eigenvalue weighted by atomic mass is 9.85. The fourth-order valence-corrected chi connectivity index (χ4v) is 6.38. The summed E-state index contributed by atoms with van der Waals surface area (Å²) in [6.45, 7) is 2.26. The van der Waals surface area contributed by atoms with Gasteiger partial charge in [0.1, 0.15) is 0 Å².